The molecule has 2 aliphatic heterocycles. The number of para-hydroxylation sites is 1. The van der Waals surface area contributed by atoms with Gasteiger partial charge in [0.25, 0.3) is 0 Å². The lowest BCUT2D eigenvalue weighted by molar-refractivity contribution is 0.583. The summed E-state index contributed by atoms with van der Waals surface area (Å²) >= 11 is 0. The minimum atomic E-state index is -0.293. The third kappa shape index (κ3) is 7.11. The van der Waals surface area contributed by atoms with E-state index in [0.29, 0.717) is 0 Å². The molecule has 1 aromatic heterocycles. The predicted octanol–water partition coefficient (Wildman–Crippen LogP) is 15.2. The van der Waals surface area contributed by atoms with Gasteiger partial charge < -0.3 is 14.2 Å². The van der Waals surface area contributed by atoms with Gasteiger partial charge in [-0.3, -0.25) is 0 Å². The van der Waals surface area contributed by atoms with Gasteiger partial charge in [-0.1, -0.05) is 163 Å². The number of hydrogen-bond acceptors (Lipinski definition) is 3. The second-order valence-corrected chi connectivity index (χ2v) is 23.6. The van der Waals surface area contributed by atoms with E-state index in [4.69, 9.17) is 4.42 Å². The first-order valence-corrected chi connectivity index (χ1v) is 23.7. The summed E-state index contributed by atoms with van der Waals surface area (Å²) in [6.45, 7) is 32.7. The van der Waals surface area contributed by atoms with Gasteiger partial charge >= 0.3 is 0 Å². The molecule has 0 radical (unpaired) electrons. The Labute approximate surface area is 388 Å². The standard InChI is InChI=1S/C61H65BN2O/c1-57(2,3)38-20-25-43(26-21-38)63(42-18-16-15-17-19-42)45-29-30-46-47-36-48-50(37-55(47)65-54(46)35-45)62-51-33-40(59(7,8)9)24-31-52(51)64(44-27-22-39(23-28-44)58(4,5)6)53-34-41(60(10,11)12)32-49(56(53)62)61(48,13)14/h15-37H,1-14H3. The Bertz CT molecular complexity index is 3140. The van der Waals surface area contributed by atoms with Gasteiger partial charge in [0, 0.05) is 56.4 Å². The number of anilines is 6. The summed E-state index contributed by atoms with van der Waals surface area (Å²) in [5, 5.41) is 2.30. The molecule has 4 heteroatoms. The predicted molar refractivity (Wildman–Crippen MR) is 281 cm³/mol. The van der Waals surface area contributed by atoms with Crippen LogP contribution in [0.5, 0.6) is 0 Å². The van der Waals surface area contributed by atoms with E-state index in [1.807, 2.05) is 0 Å². The third-order valence-corrected chi connectivity index (χ3v) is 14.5. The summed E-state index contributed by atoms with van der Waals surface area (Å²) in [5.41, 5.74) is 20.8. The molecule has 2 aliphatic rings. The highest BCUT2D eigenvalue weighted by atomic mass is 16.3. The van der Waals surface area contributed by atoms with Crippen molar-refractivity contribution < 1.29 is 4.42 Å². The summed E-state index contributed by atoms with van der Waals surface area (Å²) in [6, 6.07) is 53.0. The number of benzene rings is 7. The molecule has 65 heavy (non-hydrogen) atoms. The van der Waals surface area contributed by atoms with Crippen molar-refractivity contribution in [1.82, 2.24) is 0 Å². The van der Waals surface area contributed by atoms with Gasteiger partial charge in [0.05, 0.1) is 0 Å². The van der Waals surface area contributed by atoms with Crippen LogP contribution in [0.25, 0.3) is 21.9 Å². The summed E-state index contributed by atoms with van der Waals surface area (Å²) in [5.74, 6) is 0. The summed E-state index contributed by atoms with van der Waals surface area (Å²) in [4.78, 5) is 4.91. The van der Waals surface area contributed by atoms with Crippen molar-refractivity contribution in [2.24, 2.45) is 0 Å². The molecule has 0 atom stereocenters. The quantitative estimate of drug-likeness (QED) is 0.164. The van der Waals surface area contributed by atoms with E-state index in [9.17, 15) is 0 Å². The zero-order valence-corrected chi connectivity index (χ0v) is 41.2. The van der Waals surface area contributed by atoms with Crippen molar-refractivity contribution in [3.8, 4) is 0 Å². The number of fused-ring (bicyclic) bond motifs is 7. The van der Waals surface area contributed by atoms with Crippen molar-refractivity contribution in [1.29, 1.82) is 0 Å². The molecule has 3 nitrogen and oxygen atoms in total. The fourth-order valence-corrected chi connectivity index (χ4v) is 10.6. The Balaban J connectivity index is 1.20. The van der Waals surface area contributed by atoms with Crippen LogP contribution >= 0.6 is 0 Å². The fourth-order valence-electron chi connectivity index (χ4n) is 10.6. The Morgan fingerprint density at radius 1 is 0.446 bits per heavy atom. The van der Waals surface area contributed by atoms with Crippen molar-refractivity contribution >= 4 is 79.2 Å². The monoisotopic (exact) mass is 853 g/mol. The van der Waals surface area contributed by atoms with E-state index in [1.165, 1.54) is 66.8 Å². The topological polar surface area (TPSA) is 19.6 Å². The summed E-state index contributed by atoms with van der Waals surface area (Å²) in [6.07, 6.45) is 0. The Kier molecular flexibility index (Phi) is 9.58. The maximum absolute atomic E-state index is 7.06. The van der Waals surface area contributed by atoms with E-state index in [-0.39, 0.29) is 33.8 Å². The lowest BCUT2D eigenvalue weighted by Gasteiger charge is -2.46. The Morgan fingerprint density at radius 2 is 1.00 bits per heavy atom. The van der Waals surface area contributed by atoms with E-state index in [1.54, 1.807) is 0 Å². The number of nitrogens with zero attached hydrogens (tertiary/aromatic N) is 2. The molecule has 0 spiro atoms. The first-order chi connectivity index (χ1) is 30.5. The minimum absolute atomic E-state index is 0.0210. The lowest BCUT2D eigenvalue weighted by Crippen LogP contribution is -2.64. The van der Waals surface area contributed by atoms with Crippen molar-refractivity contribution in [2.75, 3.05) is 9.80 Å². The fraction of sp³-hybridized carbons (Fsp3) is 0.311. The van der Waals surface area contributed by atoms with Crippen molar-refractivity contribution in [2.45, 2.75) is 124 Å². The average Bonchev–Trinajstić information content (AvgIpc) is 3.60. The lowest BCUT2D eigenvalue weighted by atomic mass is 9.30. The second kappa shape index (κ2) is 14.5. The summed E-state index contributed by atoms with van der Waals surface area (Å²) < 4.78 is 7.06. The molecular formula is C61H65BN2O. The largest absolute Gasteiger partial charge is 0.456 e. The molecule has 328 valence electrons. The van der Waals surface area contributed by atoms with E-state index < -0.39 is 0 Å². The zero-order valence-electron chi connectivity index (χ0n) is 41.2. The van der Waals surface area contributed by atoms with Crippen molar-refractivity contribution in [3.05, 3.63) is 173 Å². The van der Waals surface area contributed by atoms with Gasteiger partial charge in [-0.15, -0.1) is 0 Å². The van der Waals surface area contributed by atoms with Crippen LogP contribution in [0.2, 0.25) is 0 Å². The molecular weight excluding hydrogens is 787 g/mol. The van der Waals surface area contributed by atoms with Crippen LogP contribution in [0.4, 0.5) is 34.1 Å². The number of furan rings is 1. The molecule has 0 saturated carbocycles. The molecule has 8 aromatic rings. The van der Waals surface area contributed by atoms with Gasteiger partial charge in [-0.2, -0.15) is 0 Å². The van der Waals surface area contributed by atoms with Gasteiger partial charge in [-0.25, -0.2) is 0 Å². The first kappa shape index (κ1) is 42.9. The van der Waals surface area contributed by atoms with Gasteiger partial charge in [0.1, 0.15) is 11.2 Å². The van der Waals surface area contributed by atoms with Crippen LogP contribution in [0.15, 0.2) is 144 Å². The molecule has 0 unspecified atom stereocenters. The molecule has 0 saturated heterocycles. The van der Waals surface area contributed by atoms with E-state index in [0.717, 1.165) is 39.0 Å². The Morgan fingerprint density at radius 3 is 1.62 bits per heavy atom. The van der Waals surface area contributed by atoms with Crippen LogP contribution in [-0.2, 0) is 27.1 Å². The van der Waals surface area contributed by atoms with Crippen LogP contribution in [0.1, 0.15) is 130 Å². The summed E-state index contributed by atoms with van der Waals surface area (Å²) in [7, 11) is 0. The maximum atomic E-state index is 7.06. The van der Waals surface area contributed by atoms with Crippen molar-refractivity contribution in [3.63, 3.8) is 0 Å². The molecule has 0 amide bonds. The molecule has 0 aliphatic carbocycles. The van der Waals surface area contributed by atoms with Crippen LogP contribution < -0.4 is 26.2 Å². The highest BCUT2D eigenvalue weighted by molar-refractivity contribution is 6.99. The molecule has 0 N–H and O–H groups in total. The third-order valence-electron chi connectivity index (χ3n) is 14.5. The SMILES string of the molecule is CC(C)(C)c1ccc(N(c2ccccc2)c2ccc3c(c2)oc2cc4c(cc23)C(C)(C)c2cc(C(C)(C)C)cc3c2B4c2cc(C(C)(C)C)ccc2N3c2ccc(C(C)(C)C)cc2)cc1. The van der Waals surface area contributed by atoms with Gasteiger partial charge in [-0.05, 0) is 139 Å². The molecule has 0 fully saturated rings. The normalized spacial score (nSPS) is 14.7. The minimum Gasteiger partial charge on any atom is -0.456 e. The van der Waals surface area contributed by atoms with E-state index >= 15 is 0 Å². The first-order valence-electron chi connectivity index (χ1n) is 23.7. The van der Waals surface area contributed by atoms with E-state index in [2.05, 4.69) is 246 Å². The molecule has 0 bridgehead atoms. The molecule has 7 aromatic carbocycles. The molecule has 10 rings (SSSR count). The highest BCUT2D eigenvalue weighted by Crippen LogP contribution is 2.47. The van der Waals surface area contributed by atoms with Gasteiger partial charge in [0.2, 0.25) is 6.71 Å². The Hall–Kier alpha value is -6.00. The second-order valence-electron chi connectivity index (χ2n) is 23.6. The maximum Gasteiger partial charge on any atom is 0.247 e. The highest BCUT2D eigenvalue weighted by Gasteiger charge is 2.47. The molecule has 3 heterocycles. The number of rotatable bonds is 4. The zero-order chi connectivity index (χ0) is 46.2. The smallest absolute Gasteiger partial charge is 0.247 e. The number of hydrogen-bond donors (Lipinski definition) is 0. The van der Waals surface area contributed by atoms with Crippen LogP contribution in [0.3, 0.4) is 0 Å². The van der Waals surface area contributed by atoms with Crippen LogP contribution in [0, 0.1) is 0 Å². The van der Waals surface area contributed by atoms with Crippen LogP contribution in [-0.4, -0.2) is 6.71 Å². The van der Waals surface area contributed by atoms with Gasteiger partial charge in [0.15, 0.2) is 0 Å². The average molecular weight is 853 g/mol.